The molecule has 4 nitrogen and oxygen atoms in total. The van der Waals surface area contributed by atoms with Gasteiger partial charge < -0.3 is 15.5 Å². The van der Waals surface area contributed by atoms with Crippen molar-refractivity contribution in [1.29, 1.82) is 0 Å². The van der Waals surface area contributed by atoms with Crippen LogP contribution in [-0.4, -0.2) is 37.2 Å². The number of pyridine rings is 1. The van der Waals surface area contributed by atoms with E-state index in [0.717, 1.165) is 37.7 Å². The first-order valence-electron chi connectivity index (χ1n) is 7.10. The molecule has 2 N–H and O–H groups in total. The Bertz CT molecular complexity index is 364. The highest BCUT2D eigenvalue weighted by Crippen LogP contribution is 2.19. The van der Waals surface area contributed by atoms with Gasteiger partial charge in [0.05, 0.1) is 11.9 Å². The Balaban J connectivity index is 1.59. The lowest BCUT2D eigenvalue weighted by molar-refractivity contribution is 0.480. The summed E-state index contributed by atoms with van der Waals surface area (Å²) >= 11 is 0. The van der Waals surface area contributed by atoms with Crippen molar-refractivity contribution >= 4 is 11.5 Å². The molecule has 1 atom stereocenters. The van der Waals surface area contributed by atoms with Gasteiger partial charge in [0.1, 0.15) is 5.82 Å². The van der Waals surface area contributed by atoms with Crippen LogP contribution in [0.15, 0.2) is 18.3 Å². The fourth-order valence-electron chi connectivity index (χ4n) is 2.82. The predicted octanol–water partition coefficient (Wildman–Crippen LogP) is 1.85. The standard InChI is InChI=1S/C14H22N4/c1-2-9-18(8-1)14-6-5-13(11-16-14)17-12-4-3-7-15-10-12/h5-6,11-12,15,17H,1-4,7-10H2. The molecule has 18 heavy (non-hydrogen) atoms. The van der Waals surface area contributed by atoms with Crippen molar-refractivity contribution in [3.8, 4) is 0 Å². The van der Waals surface area contributed by atoms with Crippen LogP contribution in [0.4, 0.5) is 11.5 Å². The van der Waals surface area contributed by atoms with Crippen LogP contribution in [0, 0.1) is 0 Å². The number of hydrogen-bond donors (Lipinski definition) is 2. The fourth-order valence-corrected chi connectivity index (χ4v) is 2.82. The summed E-state index contributed by atoms with van der Waals surface area (Å²) in [4.78, 5) is 6.94. The average molecular weight is 246 g/mol. The molecule has 1 aromatic heterocycles. The second-order valence-corrected chi connectivity index (χ2v) is 5.29. The van der Waals surface area contributed by atoms with Crippen LogP contribution in [0.5, 0.6) is 0 Å². The number of nitrogens with one attached hydrogen (secondary N) is 2. The smallest absolute Gasteiger partial charge is 0.128 e. The molecule has 2 fully saturated rings. The molecule has 0 spiro atoms. The molecule has 4 heteroatoms. The van der Waals surface area contributed by atoms with Crippen molar-refractivity contribution in [3.63, 3.8) is 0 Å². The summed E-state index contributed by atoms with van der Waals surface area (Å²) in [5, 5.41) is 6.98. The summed E-state index contributed by atoms with van der Waals surface area (Å²) in [7, 11) is 0. The Morgan fingerprint density at radius 2 is 2.11 bits per heavy atom. The lowest BCUT2D eigenvalue weighted by atomic mass is 10.1. The highest BCUT2D eigenvalue weighted by atomic mass is 15.2. The molecule has 0 aliphatic carbocycles. The Labute approximate surface area is 109 Å². The van der Waals surface area contributed by atoms with Gasteiger partial charge in [0, 0.05) is 25.7 Å². The van der Waals surface area contributed by atoms with Crippen molar-refractivity contribution in [2.75, 3.05) is 36.4 Å². The van der Waals surface area contributed by atoms with Crippen LogP contribution in [0.2, 0.25) is 0 Å². The molecule has 2 aliphatic heterocycles. The van der Waals surface area contributed by atoms with E-state index in [1.54, 1.807) is 0 Å². The number of hydrogen-bond acceptors (Lipinski definition) is 4. The van der Waals surface area contributed by atoms with Gasteiger partial charge in [-0.2, -0.15) is 0 Å². The minimum absolute atomic E-state index is 0.554. The predicted molar refractivity (Wildman–Crippen MR) is 75.2 cm³/mol. The number of piperidine rings is 1. The Kier molecular flexibility index (Phi) is 3.64. The van der Waals surface area contributed by atoms with E-state index in [9.17, 15) is 0 Å². The van der Waals surface area contributed by atoms with Crippen LogP contribution in [0.1, 0.15) is 25.7 Å². The average Bonchev–Trinajstić information content (AvgIpc) is 2.95. The van der Waals surface area contributed by atoms with E-state index in [1.807, 2.05) is 6.20 Å². The summed E-state index contributed by atoms with van der Waals surface area (Å²) in [6.07, 6.45) is 7.09. The molecule has 0 aromatic carbocycles. The van der Waals surface area contributed by atoms with Crippen molar-refractivity contribution in [1.82, 2.24) is 10.3 Å². The van der Waals surface area contributed by atoms with Gasteiger partial charge in [0.15, 0.2) is 0 Å². The van der Waals surface area contributed by atoms with Crippen molar-refractivity contribution < 1.29 is 0 Å². The minimum Gasteiger partial charge on any atom is -0.380 e. The van der Waals surface area contributed by atoms with Gasteiger partial charge in [-0.15, -0.1) is 0 Å². The van der Waals surface area contributed by atoms with Crippen molar-refractivity contribution in [2.24, 2.45) is 0 Å². The zero-order valence-corrected chi connectivity index (χ0v) is 10.9. The molecule has 0 bridgehead atoms. The quantitative estimate of drug-likeness (QED) is 0.854. The largest absolute Gasteiger partial charge is 0.380 e. The van der Waals surface area contributed by atoms with Gasteiger partial charge in [-0.25, -0.2) is 4.98 Å². The Hall–Kier alpha value is -1.29. The van der Waals surface area contributed by atoms with E-state index in [4.69, 9.17) is 0 Å². The van der Waals surface area contributed by atoms with Crippen LogP contribution in [0.3, 0.4) is 0 Å². The topological polar surface area (TPSA) is 40.2 Å². The molecule has 98 valence electrons. The van der Waals surface area contributed by atoms with Crippen molar-refractivity contribution in [2.45, 2.75) is 31.7 Å². The summed E-state index contributed by atoms with van der Waals surface area (Å²) < 4.78 is 0. The zero-order chi connectivity index (χ0) is 12.2. The number of rotatable bonds is 3. The van der Waals surface area contributed by atoms with E-state index in [-0.39, 0.29) is 0 Å². The summed E-state index contributed by atoms with van der Waals surface area (Å²) in [6.45, 7) is 4.54. The molecule has 2 saturated heterocycles. The lowest BCUT2D eigenvalue weighted by Gasteiger charge is -2.25. The number of anilines is 2. The highest BCUT2D eigenvalue weighted by Gasteiger charge is 2.14. The molecule has 3 rings (SSSR count). The molecule has 1 aromatic rings. The Morgan fingerprint density at radius 1 is 1.22 bits per heavy atom. The molecular weight excluding hydrogens is 224 g/mol. The van der Waals surface area contributed by atoms with E-state index in [0.29, 0.717) is 6.04 Å². The second kappa shape index (κ2) is 5.57. The molecular formula is C14H22N4. The lowest BCUT2D eigenvalue weighted by Crippen LogP contribution is -2.38. The molecule has 3 heterocycles. The number of nitrogens with zero attached hydrogens (tertiary/aromatic N) is 2. The first-order chi connectivity index (χ1) is 8.92. The second-order valence-electron chi connectivity index (χ2n) is 5.29. The molecule has 2 aliphatic rings. The monoisotopic (exact) mass is 246 g/mol. The van der Waals surface area contributed by atoms with E-state index < -0.39 is 0 Å². The first kappa shape index (κ1) is 11.8. The maximum absolute atomic E-state index is 4.57. The SMILES string of the molecule is c1cc(N2CCCC2)ncc1NC1CCCNC1. The highest BCUT2D eigenvalue weighted by molar-refractivity contribution is 5.49. The third kappa shape index (κ3) is 2.75. The van der Waals surface area contributed by atoms with Gasteiger partial charge in [-0.1, -0.05) is 0 Å². The normalized spacial score (nSPS) is 24.2. The molecule has 0 amide bonds. The summed E-state index contributed by atoms with van der Waals surface area (Å²) in [5.74, 6) is 1.12. The van der Waals surface area contributed by atoms with Gasteiger partial charge >= 0.3 is 0 Å². The fraction of sp³-hybridized carbons (Fsp3) is 0.643. The van der Waals surface area contributed by atoms with Crippen LogP contribution >= 0.6 is 0 Å². The summed E-state index contributed by atoms with van der Waals surface area (Å²) in [5.41, 5.74) is 1.15. The van der Waals surface area contributed by atoms with E-state index in [1.165, 1.54) is 25.7 Å². The number of aromatic nitrogens is 1. The maximum Gasteiger partial charge on any atom is 0.128 e. The van der Waals surface area contributed by atoms with E-state index >= 15 is 0 Å². The van der Waals surface area contributed by atoms with E-state index in [2.05, 4.69) is 32.7 Å². The molecule has 0 saturated carbocycles. The minimum atomic E-state index is 0.554. The van der Waals surface area contributed by atoms with Gasteiger partial charge in [-0.3, -0.25) is 0 Å². The van der Waals surface area contributed by atoms with Crippen LogP contribution in [0.25, 0.3) is 0 Å². The van der Waals surface area contributed by atoms with Gasteiger partial charge in [0.25, 0.3) is 0 Å². The summed E-state index contributed by atoms with van der Waals surface area (Å²) in [6, 6.07) is 4.86. The van der Waals surface area contributed by atoms with Crippen LogP contribution in [-0.2, 0) is 0 Å². The Morgan fingerprint density at radius 3 is 2.78 bits per heavy atom. The zero-order valence-electron chi connectivity index (χ0n) is 10.9. The molecule has 1 unspecified atom stereocenters. The van der Waals surface area contributed by atoms with Crippen LogP contribution < -0.4 is 15.5 Å². The van der Waals surface area contributed by atoms with Crippen molar-refractivity contribution in [3.05, 3.63) is 18.3 Å². The van der Waals surface area contributed by atoms with Gasteiger partial charge in [-0.05, 0) is 44.4 Å². The third-order valence-corrected chi connectivity index (χ3v) is 3.85. The van der Waals surface area contributed by atoms with Gasteiger partial charge in [0.2, 0.25) is 0 Å². The molecule has 0 radical (unpaired) electrons. The first-order valence-corrected chi connectivity index (χ1v) is 7.10. The third-order valence-electron chi connectivity index (χ3n) is 3.85. The maximum atomic E-state index is 4.57.